The summed E-state index contributed by atoms with van der Waals surface area (Å²) in [4.78, 5) is 92.2. The minimum absolute atomic E-state index is 0. The molecule has 21 heteroatoms. The largest absolute Gasteiger partial charge is 0.540 e. The number of aliphatic carboxylic acids is 2. The van der Waals surface area contributed by atoms with E-state index in [1.807, 2.05) is 20.1 Å². The molecule has 3 radical (unpaired) electrons. The van der Waals surface area contributed by atoms with Gasteiger partial charge in [-0.1, -0.05) is 110 Å². The topological polar surface area (TPSA) is 301 Å². The summed E-state index contributed by atoms with van der Waals surface area (Å²) in [5.41, 5.74) is 10.5. The Kier molecular flexibility index (Phi) is 55.5. The number of nitrogens with two attached hydrogens (primary N) is 2. The molecule has 0 aliphatic carbocycles. The van der Waals surface area contributed by atoms with Crippen molar-refractivity contribution in [2.24, 2.45) is 11.5 Å². The molecule has 5 atom stereocenters. The maximum absolute atomic E-state index is 12.4. The number of hydrogen-bond donors (Lipinski definition) is 11. The van der Waals surface area contributed by atoms with E-state index in [2.05, 4.69) is 52.0 Å². The fourth-order valence-corrected chi connectivity index (χ4v) is 6.78. The summed E-state index contributed by atoms with van der Waals surface area (Å²) in [5.74, 6) is -2.85. The monoisotopic (exact) mass is 1060 g/mol. The van der Waals surface area contributed by atoms with Crippen LogP contribution in [0.3, 0.4) is 0 Å². The van der Waals surface area contributed by atoms with Gasteiger partial charge in [-0.15, -0.1) is 12.8 Å². The molecule has 0 bridgehead atoms. The molecule has 12 N–H and O–H groups in total. The fourth-order valence-electron chi connectivity index (χ4n) is 6.60. The molecule has 0 saturated heterocycles. The molecule has 391 valence electrons. The molecule has 4 unspecified atom stereocenters. The summed E-state index contributed by atoms with van der Waals surface area (Å²) in [6.45, 7) is 6.86. The smallest absolute Gasteiger partial charge is 0.326 e. The second-order valence-corrected chi connectivity index (χ2v) is 17.0. The van der Waals surface area contributed by atoms with Gasteiger partial charge in [0.2, 0.25) is 23.6 Å². The number of nitrogens with one attached hydrogen (secondary N) is 6. The van der Waals surface area contributed by atoms with Gasteiger partial charge in [0.25, 0.3) is 0 Å². The molecule has 0 aliphatic heterocycles. The van der Waals surface area contributed by atoms with Crippen LogP contribution in [0.2, 0.25) is 0 Å². The van der Waals surface area contributed by atoms with E-state index in [4.69, 9.17) is 16.6 Å². The van der Waals surface area contributed by atoms with Gasteiger partial charge in [-0.25, -0.2) is 11.1 Å². The van der Waals surface area contributed by atoms with Crippen LogP contribution in [-0.4, -0.2) is 122 Å². The molecule has 0 aromatic rings. The van der Waals surface area contributed by atoms with Crippen molar-refractivity contribution in [3.63, 3.8) is 0 Å². The number of carbonyl (C=O) groups excluding carboxylic acids is 6. The Labute approximate surface area is 440 Å². The normalized spacial score (nSPS) is 12.7. The second-order valence-electron chi connectivity index (χ2n) is 16.7. The van der Waals surface area contributed by atoms with Crippen LogP contribution in [0.25, 0.3) is 0 Å². The number of hydrogen-bond acceptors (Lipinski definition) is 13. The van der Waals surface area contributed by atoms with E-state index in [-0.39, 0.29) is 88.1 Å². The van der Waals surface area contributed by atoms with Gasteiger partial charge in [-0.3, -0.25) is 28.7 Å². The molecule has 0 rings (SSSR count). The Hall–Kier alpha value is -2.48. The zero-order chi connectivity index (χ0) is 51.1. The van der Waals surface area contributed by atoms with Crippen molar-refractivity contribution in [1.82, 2.24) is 31.3 Å². The summed E-state index contributed by atoms with van der Waals surface area (Å²) in [5, 5.41) is 32.3. The molecule has 18 nitrogen and oxygen atoms in total. The minimum atomic E-state index is -1.17. The van der Waals surface area contributed by atoms with Crippen LogP contribution in [0.5, 0.6) is 0 Å². The first-order valence-electron chi connectivity index (χ1n) is 24.9. The van der Waals surface area contributed by atoms with Crippen molar-refractivity contribution in [2.45, 2.75) is 224 Å². The Morgan fingerprint density at radius 2 is 1.00 bits per heavy atom. The van der Waals surface area contributed by atoms with Crippen LogP contribution in [0.1, 0.15) is 194 Å². The number of thiol groups is 1. The van der Waals surface area contributed by atoms with E-state index >= 15 is 0 Å². The quantitative estimate of drug-likeness (QED) is 0.0175. The van der Waals surface area contributed by atoms with Crippen molar-refractivity contribution in [2.75, 3.05) is 26.7 Å². The van der Waals surface area contributed by atoms with E-state index in [1.54, 1.807) is 14.0 Å². The van der Waals surface area contributed by atoms with E-state index in [9.17, 15) is 43.5 Å². The number of likely N-dealkylation sites (N-methyl/N-ethyl adjacent to an activating group) is 1. The van der Waals surface area contributed by atoms with Gasteiger partial charge < -0.3 is 57.9 Å². The molecular weight excluding hydrogens is 968 g/mol. The number of rotatable bonds is 43. The van der Waals surface area contributed by atoms with Gasteiger partial charge in [-0.05, 0) is 78.2 Å². The van der Waals surface area contributed by atoms with E-state index in [0.717, 1.165) is 57.8 Å². The molecule has 0 aromatic carbocycles. The maximum atomic E-state index is 12.4. The molecule has 0 spiro atoms. The molecule has 0 fully saturated rings. The van der Waals surface area contributed by atoms with Gasteiger partial charge in [0, 0.05) is 77.6 Å². The SMILES string of the molecule is CC.CNC(CCCCNC(=O)[C@@H](N)CCCCNC(=O)CCC(NC(=O)CCCCCCCCCCCCCCCCC(=O)O)C(=O)O)C(=O)NCCCCC([C-]=O)NS.[B]C(=O)C(C)N.[Y]. The first-order valence-corrected chi connectivity index (χ1v) is 25.3. The number of unbranched alkanes of at least 4 members (excludes halogenated alkanes) is 16. The molecular formula is C47H90BN8O10SY-. The van der Waals surface area contributed by atoms with Gasteiger partial charge in [0.15, 0.2) is 7.85 Å². The van der Waals surface area contributed by atoms with Crippen molar-refractivity contribution >= 4 is 68.2 Å². The number of amides is 4. The maximum Gasteiger partial charge on any atom is 0.326 e. The van der Waals surface area contributed by atoms with Crippen LogP contribution in [0, 0.1) is 0 Å². The zero-order valence-corrected chi connectivity index (χ0v) is 45.7. The van der Waals surface area contributed by atoms with Crippen molar-refractivity contribution in [1.29, 1.82) is 0 Å². The number of carboxylic acids is 2. The fraction of sp³-hybridized carbons (Fsp3) is 0.830. The first kappa shape index (κ1) is 72.1. The summed E-state index contributed by atoms with van der Waals surface area (Å²) < 4.78 is 2.57. The van der Waals surface area contributed by atoms with Crippen molar-refractivity contribution < 1.29 is 81.3 Å². The molecule has 0 saturated carbocycles. The van der Waals surface area contributed by atoms with Crippen LogP contribution < -0.4 is 42.8 Å². The van der Waals surface area contributed by atoms with Crippen molar-refractivity contribution in [3.8, 4) is 0 Å². The summed E-state index contributed by atoms with van der Waals surface area (Å²) in [7, 11) is 6.40. The van der Waals surface area contributed by atoms with E-state index in [1.165, 1.54) is 44.9 Å². The average molecular weight is 1060 g/mol. The van der Waals surface area contributed by atoms with Crippen molar-refractivity contribution in [3.05, 3.63) is 0 Å². The van der Waals surface area contributed by atoms with Crippen LogP contribution in [0.15, 0.2) is 0 Å². The number of carboxylic acid groups (broad SMARTS) is 2. The third kappa shape index (κ3) is 48.5. The van der Waals surface area contributed by atoms with Crippen LogP contribution in [0.4, 0.5) is 0 Å². The Morgan fingerprint density at radius 1 is 0.574 bits per heavy atom. The molecule has 68 heavy (non-hydrogen) atoms. The molecule has 4 amide bonds. The average Bonchev–Trinajstić information content (AvgIpc) is 3.30. The van der Waals surface area contributed by atoms with Gasteiger partial charge in [-0.2, -0.15) is 0 Å². The van der Waals surface area contributed by atoms with E-state index in [0.29, 0.717) is 64.6 Å². The molecule has 0 heterocycles. The Bertz CT molecular complexity index is 1330. The summed E-state index contributed by atoms with van der Waals surface area (Å²) in [6, 6.07) is -3.08. The van der Waals surface area contributed by atoms with Crippen LogP contribution in [-0.2, 0) is 71.1 Å². The van der Waals surface area contributed by atoms with Gasteiger partial charge >= 0.3 is 11.9 Å². The Morgan fingerprint density at radius 3 is 1.43 bits per heavy atom. The zero-order valence-electron chi connectivity index (χ0n) is 42.0. The first-order chi connectivity index (χ1) is 32.1. The van der Waals surface area contributed by atoms with E-state index < -0.39 is 41.8 Å². The molecule has 0 aliphatic rings. The standard InChI is InChI=1S/C42H78N7O9S.C3H6BNO.C2H6.Y/c1-44-35(41(56)47-31-19-16-22-33(32-50)49-59)24-18-21-30-46-40(55)34(43)23-17-20-29-45-37(51)28-27-36(42(57)58)48-38(52)25-14-12-10-8-6-4-2-3-5-7-9-11-13-15-26-39(53)54;1-2(5)3(4)6;1-2;/h33-36,44,49,59H,2-31,43H2,1H3,(H,45,51)(H,46,55)(H,47,56)(H,48,52)(H,53,54)(H,57,58);2H,5H2,1H3;1-2H3;/q-1;;;/t33?,34-,35?,36?;;;/m0.../s1. The predicted molar refractivity (Wildman–Crippen MR) is 269 cm³/mol. The predicted octanol–water partition coefficient (Wildman–Crippen LogP) is 4.40. The Balaban J connectivity index is -0.00000209. The van der Waals surface area contributed by atoms with Gasteiger partial charge in [0.1, 0.15) is 6.04 Å². The third-order valence-corrected chi connectivity index (χ3v) is 11.1. The third-order valence-electron chi connectivity index (χ3n) is 10.8. The second kappa shape index (κ2) is 52.3. The summed E-state index contributed by atoms with van der Waals surface area (Å²) >= 11 is 3.87. The number of carbonyl (C=O) groups is 7. The van der Waals surface area contributed by atoms with Gasteiger partial charge in [0.05, 0.1) is 17.8 Å². The molecule has 0 aromatic heterocycles. The minimum Gasteiger partial charge on any atom is -0.540 e. The van der Waals surface area contributed by atoms with Crippen LogP contribution >= 0.6 is 12.8 Å². The summed E-state index contributed by atoms with van der Waals surface area (Å²) in [6.07, 6.45) is 23.2.